The van der Waals surface area contributed by atoms with Crippen LogP contribution in [0.2, 0.25) is 5.28 Å². The molecule has 0 bridgehead atoms. The SMILES string of the molecule is Cc1c(F)cccc1Nc1nc(Cl)nc(-n2cccn2)n1. The quantitative estimate of drug-likeness (QED) is 0.806. The van der Waals surface area contributed by atoms with Gasteiger partial charge in [0.25, 0.3) is 5.95 Å². The van der Waals surface area contributed by atoms with Crippen LogP contribution in [0, 0.1) is 12.7 Å². The zero-order valence-electron chi connectivity index (χ0n) is 11.0. The Kier molecular flexibility index (Phi) is 3.49. The number of nitrogens with one attached hydrogen (secondary N) is 1. The summed E-state index contributed by atoms with van der Waals surface area (Å²) in [5, 5.41) is 6.97. The van der Waals surface area contributed by atoms with E-state index in [1.807, 2.05) is 0 Å². The first-order valence-electron chi connectivity index (χ1n) is 6.07. The lowest BCUT2D eigenvalue weighted by molar-refractivity contribution is 0.619. The van der Waals surface area contributed by atoms with Crippen LogP contribution in [-0.4, -0.2) is 24.7 Å². The summed E-state index contributed by atoms with van der Waals surface area (Å²) in [6.07, 6.45) is 3.28. The average molecular weight is 305 g/mol. The van der Waals surface area contributed by atoms with Gasteiger partial charge in [0.15, 0.2) is 0 Å². The molecule has 0 radical (unpaired) electrons. The molecular formula is C13H10ClFN6. The third-order valence-electron chi connectivity index (χ3n) is 2.82. The predicted molar refractivity (Wildman–Crippen MR) is 76.4 cm³/mol. The lowest BCUT2D eigenvalue weighted by Gasteiger charge is -2.09. The molecule has 0 atom stereocenters. The second-order valence-corrected chi connectivity index (χ2v) is 4.55. The maximum absolute atomic E-state index is 13.5. The number of benzene rings is 1. The monoisotopic (exact) mass is 304 g/mol. The summed E-state index contributed by atoms with van der Waals surface area (Å²) in [4.78, 5) is 12.2. The Labute approximate surface area is 124 Å². The van der Waals surface area contributed by atoms with Crippen molar-refractivity contribution in [3.63, 3.8) is 0 Å². The molecule has 0 fully saturated rings. The minimum absolute atomic E-state index is 0.0204. The summed E-state index contributed by atoms with van der Waals surface area (Å²) in [5.74, 6) is 0.179. The van der Waals surface area contributed by atoms with Crippen molar-refractivity contribution >= 4 is 23.2 Å². The maximum atomic E-state index is 13.5. The minimum Gasteiger partial charge on any atom is -0.324 e. The Bertz CT molecular complexity index is 774. The van der Waals surface area contributed by atoms with E-state index in [4.69, 9.17) is 11.6 Å². The number of hydrogen-bond donors (Lipinski definition) is 1. The van der Waals surface area contributed by atoms with Gasteiger partial charge in [-0.2, -0.15) is 20.1 Å². The summed E-state index contributed by atoms with van der Waals surface area (Å²) in [7, 11) is 0. The fourth-order valence-corrected chi connectivity index (χ4v) is 1.90. The van der Waals surface area contributed by atoms with Crippen LogP contribution in [-0.2, 0) is 0 Å². The summed E-state index contributed by atoms with van der Waals surface area (Å²) in [6, 6.07) is 6.45. The van der Waals surface area contributed by atoms with E-state index in [9.17, 15) is 4.39 Å². The van der Waals surface area contributed by atoms with Gasteiger partial charge < -0.3 is 5.32 Å². The topological polar surface area (TPSA) is 68.5 Å². The van der Waals surface area contributed by atoms with E-state index >= 15 is 0 Å². The molecule has 6 nitrogen and oxygen atoms in total. The third kappa shape index (κ3) is 2.82. The molecule has 8 heteroatoms. The molecule has 0 aliphatic rings. The van der Waals surface area contributed by atoms with Crippen LogP contribution in [0.1, 0.15) is 5.56 Å². The maximum Gasteiger partial charge on any atom is 0.256 e. The van der Waals surface area contributed by atoms with Crippen molar-refractivity contribution in [3.05, 3.63) is 53.3 Å². The van der Waals surface area contributed by atoms with Crippen LogP contribution in [0.15, 0.2) is 36.7 Å². The van der Waals surface area contributed by atoms with Crippen molar-refractivity contribution in [2.24, 2.45) is 0 Å². The third-order valence-corrected chi connectivity index (χ3v) is 2.99. The summed E-state index contributed by atoms with van der Waals surface area (Å²) in [5.41, 5.74) is 1.03. The summed E-state index contributed by atoms with van der Waals surface area (Å²) >= 11 is 5.89. The number of aromatic nitrogens is 5. The van der Waals surface area contributed by atoms with Gasteiger partial charge in [0.05, 0.1) is 0 Å². The van der Waals surface area contributed by atoms with Crippen molar-refractivity contribution in [1.29, 1.82) is 0 Å². The molecule has 2 aromatic heterocycles. The first-order chi connectivity index (χ1) is 10.1. The van der Waals surface area contributed by atoms with Crippen LogP contribution >= 0.6 is 11.6 Å². The highest BCUT2D eigenvalue weighted by Crippen LogP contribution is 2.21. The van der Waals surface area contributed by atoms with Crippen LogP contribution in [0.25, 0.3) is 5.95 Å². The molecule has 1 N–H and O–H groups in total. The van der Waals surface area contributed by atoms with Gasteiger partial charge in [0.1, 0.15) is 5.82 Å². The van der Waals surface area contributed by atoms with E-state index in [-0.39, 0.29) is 23.0 Å². The highest BCUT2D eigenvalue weighted by Gasteiger charge is 2.09. The molecular weight excluding hydrogens is 295 g/mol. The number of hydrogen-bond acceptors (Lipinski definition) is 5. The average Bonchev–Trinajstić information content (AvgIpc) is 2.97. The molecule has 0 aliphatic carbocycles. The van der Waals surface area contributed by atoms with Crippen molar-refractivity contribution in [1.82, 2.24) is 24.7 Å². The second kappa shape index (κ2) is 5.45. The van der Waals surface area contributed by atoms with Crippen LogP contribution in [0.4, 0.5) is 16.0 Å². The Morgan fingerprint density at radius 3 is 2.81 bits per heavy atom. The molecule has 106 valence electrons. The molecule has 3 rings (SSSR count). The van der Waals surface area contributed by atoms with Crippen molar-refractivity contribution in [3.8, 4) is 5.95 Å². The van der Waals surface area contributed by atoms with E-state index in [0.29, 0.717) is 11.3 Å². The van der Waals surface area contributed by atoms with E-state index in [1.54, 1.807) is 37.5 Å². The van der Waals surface area contributed by atoms with Gasteiger partial charge >= 0.3 is 0 Å². The largest absolute Gasteiger partial charge is 0.324 e. The fourth-order valence-electron chi connectivity index (χ4n) is 1.75. The van der Waals surface area contributed by atoms with E-state index < -0.39 is 0 Å². The van der Waals surface area contributed by atoms with Crippen LogP contribution < -0.4 is 5.32 Å². The highest BCUT2D eigenvalue weighted by molar-refractivity contribution is 6.28. The number of anilines is 2. The second-order valence-electron chi connectivity index (χ2n) is 4.22. The van der Waals surface area contributed by atoms with Gasteiger partial charge in [-0.05, 0) is 36.7 Å². The van der Waals surface area contributed by atoms with Crippen LogP contribution in [0.3, 0.4) is 0 Å². The van der Waals surface area contributed by atoms with E-state index in [0.717, 1.165) is 0 Å². The van der Waals surface area contributed by atoms with E-state index in [1.165, 1.54) is 10.7 Å². The summed E-state index contributed by atoms with van der Waals surface area (Å²) in [6.45, 7) is 1.66. The lowest BCUT2D eigenvalue weighted by atomic mass is 10.2. The predicted octanol–water partition coefficient (Wildman–Crippen LogP) is 2.90. The first kappa shape index (κ1) is 13.4. The van der Waals surface area contributed by atoms with Crippen LogP contribution in [0.5, 0.6) is 0 Å². The molecule has 1 aromatic carbocycles. The molecule has 21 heavy (non-hydrogen) atoms. The first-order valence-corrected chi connectivity index (χ1v) is 6.45. The smallest absolute Gasteiger partial charge is 0.256 e. The molecule has 3 aromatic rings. The minimum atomic E-state index is -0.313. The number of halogens is 2. The van der Waals surface area contributed by atoms with Crippen molar-refractivity contribution in [2.45, 2.75) is 6.92 Å². The Morgan fingerprint density at radius 1 is 1.19 bits per heavy atom. The van der Waals surface area contributed by atoms with Gasteiger partial charge in [0, 0.05) is 23.6 Å². The number of rotatable bonds is 3. The molecule has 0 amide bonds. The van der Waals surface area contributed by atoms with Crippen molar-refractivity contribution < 1.29 is 4.39 Å². The number of nitrogens with zero attached hydrogens (tertiary/aromatic N) is 5. The van der Waals surface area contributed by atoms with Gasteiger partial charge in [-0.3, -0.25) is 0 Å². The molecule has 0 saturated heterocycles. The van der Waals surface area contributed by atoms with Crippen molar-refractivity contribution in [2.75, 3.05) is 5.32 Å². The highest BCUT2D eigenvalue weighted by atomic mass is 35.5. The normalized spacial score (nSPS) is 10.6. The van der Waals surface area contributed by atoms with Gasteiger partial charge in [-0.15, -0.1) is 0 Å². The van der Waals surface area contributed by atoms with Gasteiger partial charge in [-0.25, -0.2) is 9.07 Å². The Balaban J connectivity index is 1.98. The molecule has 0 unspecified atom stereocenters. The zero-order chi connectivity index (χ0) is 14.8. The Hall–Kier alpha value is -2.54. The summed E-state index contributed by atoms with van der Waals surface area (Å²) < 4.78 is 15.0. The van der Waals surface area contributed by atoms with E-state index in [2.05, 4.69) is 25.4 Å². The van der Waals surface area contributed by atoms with Gasteiger partial charge in [-0.1, -0.05) is 6.07 Å². The molecule has 2 heterocycles. The Morgan fingerprint density at radius 2 is 2.05 bits per heavy atom. The van der Waals surface area contributed by atoms with Gasteiger partial charge in [0.2, 0.25) is 11.2 Å². The lowest BCUT2D eigenvalue weighted by Crippen LogP contribution is -2.07. The molecule has 0 spiro atoms. The zero-order valence-corrected chi connectivity index (χ0v) is 11.7. The standard InChI is InChI=1S/C13H10ClFN6/c1-8-9(15)4-2-5-10(8)17-12-18-11(14)19-13(20-12)21-7-3-6-16-21/h2-7H,1H3,(H,17,18,19,20). The molecule has 0 saturated carbocycles. The fraction of sp³-hybridized carbons (Fsp3) is 0.0769. The molecule has 0 aliphatic heterocycles.